The van der Waals surface area contributed by atoms with Crippen LogP contribution in [0.2, 0.25) is 0 Å². The Morgan fingerprint density at radius 3 is 1.67 bits per heavy atom. The maximum absolute atomic E-state index is 2.35. The lowest BCUT2D eigenvalue weighted by atomic mass is 9.78. The Kier molecular flexibility index (Phi) is 6.12. The molecule has 0 nitrogen and oxygen atoms in total. The number of hydrogen-bond donors (Lipinski definition) is 0. The number of hydrogen-bond acceptors (Lipinski definition) is 0. The van der Waals surface area contributed by atoms with Crippen LogP contribution in [0.25, 0.3) is 11.1 Å². The molecule has 1 saturated carbocycles. The minimum Gasteiger partial charge on any atom is -0.0651 e. The Balaban J connectivity index is 1.53. The molecule has 0 heterocycles. The predicted molar refractivity (Wildman–Crippen MR) is 105 cm³/mol. The first-order valence-corrected chi connectivity index (χ1v) is 9.96. The van der Waals surface area contributed by atoms with Crippen LogP contribution in [0.1, 0.15) is 63.5 Å². The third-order valence-electron chi connectivity index (χ3n) is 6.03. The maximum atomic E-state index is 2.35. The van der Waals surface area contributed by atoms with Crippen molar-refractivity contribution in [1.29, 1.82) is 0 Å². The Morgan fingerprint density at radius 1 is 0.667 bits per heavy atom. The summed E-state index contributed by atoms with van der Waals surface area (Å²) < 4.78 is 0. The third kappa shape index (κ3) is 4.50. The standard InChI is InChI=1S/C24H32/c1-3-19-5-7-21(8-6-19)9-10-22-13-17-24(18-14-22)23-15-11-20(4-2)12-16-23/h11-19,21H,3-10H2,1-2H3. The smallest absolute Gasteiger partial charge is 0.0184 e. The molecule has 0 spiro atoms. The third-order valence-corrected chi connectivity index (χ3v) is 6.03. The molecule has 0 amide bonds. The molecule has 0 radical (unpaired) electrons. The molecule has 2 aromatic rings. The van der Waals surface area contributed by atoms with E-state index in [-0.39, 0.29) is 0 Å². The van der Waals surface area contributed by atoms with Crippen LogP contribution in [0.3, 0.4) is 0 Å². The molecule has 24 heavy (non-hydrogen) atoms. The molecule has 0 atom stereocenters. The molecule has 0 N–H and O–H groups in total. The van der Waals surface area contributed by atoms with Crippen molar-refractivity contribution in [1.82, 2.24) is 0 Å². The highest BCUT2D eigenvalue weighted by atomic mass is 14.2. The largest absolute Gasteiger partial charge is 0.0651 e. The monoisotopic (exact) mass is 320 g/mol. The Morgan fingerprint density at radius 2 is 1.17 bits per heavy atom. The van der Waals surface area contributed by atoms with Gasteiger partial charge in [0, 0.05) is 0 Å². The van der Waals surface area contributed by atoms with E-state index in [9.17, 15) is 0 Å². The molecule has 0 unspecified atom stereocenters. The maximum Gasteiger partial charge on any atom is -0.0184 e. The summed E-state index contributed by atoms with van der Waals surface area (Å²) in [5, 5.41) is 0. The summed E-state index contributed by atoms with van der Waals surface area (Å²) in [6.45, 7) is 4.56. The predicted octanol–water partition coefficient (Wildman–Crippen LogP) is 7.07. The fourth-order valence-electron chi connectivity index (χ4n) is 4.10. The second-order valence-electron chi connectivity index (χ2n) is 7.58. The second kappa shape index (κ2) is 8.51. The molecule has 0 heteroatoms. The summed E-state index contributed by atoms with van der Waals surface area (Å²) in [5.41, 5.74) is 5.58. The molecule has 0 saturated heterocycles. The number of benzene rings is 2. The summed E-state index contributed by atoms with van der Waals surface area (Å²) >= 11 is 0. The van der Waals surface area contributed by atoms with Crippen LogP contribution in [-0.4, -0.2) is 0 Å². The molecular formula is C24H32. The van der Waals surface area contributed by atoms with Gasteiger partial charge in [-0.3, -0.25) is 0 Å². The summed E-state index contributed by atoms with van der Waals surface area (Å²) in [4.78, 5) is 0. The van der Waals surface area contributed by atoms with E-state index in [1.165, 1.54) is 67.2 Å². The van der Waals surface area contributed by atoms with Gasteiger partial charge < -0.3 is 0 Å². The molecule has 2 aromatic carbocycles. The van der Waals surface area contributed by atoms with Crippen molar-refractivity contribution in [3.05, 3.63) is 59.7 Å². The van der Waals surface area contributed by atoms with Gasteiger partial charge in [0.15, 0.2) is 0 Å². The molecule has 1 fully saturated rings. The topological polar surface area (TPSA) is 0 Å². The summed E-state index contributed by atoms with van der Waals surface area (Å²) in [6.07, 6.45) is 11.0. The fraction of sp³-hybridized carbons (Fsp3) is 0.500. The van der Waals surface area contributed by atoms with Crippen molar-refractivity contribution in [2.24, 2.45) is 11.8 Å². The number of rotatable bonds is 6. The van der Waals surface area contributed by atoms with Crippen LogP contribution >= 0.6 is 0 Å². The minimum atomic E-state index is 0.967. The summed E-state index contributed by atoms with van der Waals surface area (Å²) in [5.74, 6) is 1.98. The quantitative estimate of drug-likeness (QED) is 0.534. The second-order valence-corrected chi connectivity index (χ2v) is 7.58. The van der Waals surface area contributed by atoms with Gasteiger partial charge >= 0.3 is 0 Å². The van der Waals surface area contributed by atoms with Gasteiger partial charge in [0.2, 0.25) is 0 Å². The van der Waals surface area contributed by atoms with E-state index in [1.807, 2.05) is 0 Å². The average molecular weight is 321 g/mol. The van der Waals surface area contributed by atoms with Crippen LogP contribution in [0.5, 0.6) is 0 Å². The van der Waals surface area contributed by atoms with Gasteiger partial charge in [-0.15, -0.1) is 0 Å². The Bertz CT molecular complexity index is 597. The van der Waals surface area contributed by atoms with E-state index in [2.05, 4.69) is 62.4 Å². The minimum absolute atomic E-state index is 0.967. The van der Waals surface area contributed by atoms with Gasteiger partial charge in [-0.2, -0.15) is 0 Å². The van der Waals surface area contributed by atoms with Crippen LogP contribution in [0.15, 0.2) is 48.5 Å². The van der Waals surface area contributed by atoms with Gasteiger partial charge in [0.1, 0.15) is 0 Å². The first-order chi connectivity index (χ1) is 11.8. The SMILES string of the molecule is CCc1ccc(-c2ccc(CCC3CCC(CC)CC3)cc2)cc1. The first kappa shape index (κ1) is 17.3. The van der Waals surface area contributed by atoms with Crippen LogP contribution < -0.4 is 0 Å². The molecule has 0 aliphatic heterocycles. The summed E-state index contributed by atoms with van der Waals surface area (Å²) in [6, 6.07) is 18.3. The van der Waals surface area contributed by atoms with Crippen LogP contribution in [0.4, 0.5) is 0 Å². The Hall–Kier alpha value is -1.56. The molecule has 128 valence electrons. The normalized spacial score (nSPS) is 20.9. The fourth-order valence-corrected chi connectivity index (χ4v) is 4.10. The van der Waals surface area contributed by atoms with Crippen molar-refractivity contribution >= 4 is 0 Å². The van der Waals surface area contributed by atoms with Gasteiger partial charge in [0.05, 0.1) is 0 Å². The van der Waals surface area contributed by atoms with E-state index in [0.717, 1.165) is 18.3 Å². The Labute approximate surface area is 148 Å². The highest BCUT2D eigenvalue weighted by Gasteiger charge is 2.19. The molecular weight excluding hydrogens is 288 g/mol. The molecule has 1 aliphatic carbocycles. The van der Waals surface area contributed by atoms with Crippen LogP contribution in [0, 0.1) is 11.8 Å². The van der Waals surface area contributed by atoms with Crippen molar-refractivity contribution in [2.75, 3.05) is 0 Å². The van der Waals surface area contributed by atoms with E-state index >= 15 is 0 Å². The summed E-state index contributed by atoms with van der Waals surface area (Å²) in [7, 11) is 0. The molecule has 0 aromatic heterocycles. The first-order valence-electron chi connectivity index (χ1n) is 9.96. The zero-order valence-corrected chi connectivity index (χ0v) is 15.4. The zero-order valence-electron chi connectivity index (χ0n) is 15.4. The van der Waals surface area contributed by atoms with E-state index in [1.54, 1.807) is 0 Å². The average Bonchev–Trinajstić information content (AvgIpc) is 2.67. The van der Waals surface area contributed by atoms with Crippen molar-refractivity contribution in [3.63, 3.8) is 0 Å². The van der Waals surface area contributed by atoms with Gasteiger partial charge in [-0.25, -0.2) is 0 Å². The lowest BCUT2D eigenvalue weighted by Crippen LogP contribution is -2.14. The van der Waals surface area contributed by atoms with Crippen LogP contribution in [-0.2, 0) is 12.8 Å². The van der Waals surface area contributed by atoms with E-state index in [4.69, 9.17) is 0 Å². The highest BCUT2D eigenvalue weighted by Crippen LogP contribution is 2.33. The van der Waals surface area contributed by atoms with Gasteiger partial charge in [-0.1, -0.05) is 94.5 Å². The van der Waals surface area contributed by atoms with Gasteiger partial charge in [-0.05, 0) is 53.4 Å². The zero-order chi connectivity index (χ0) is 16.8. The van der Waals surface area contributed by atoms with E-state index in [0.29, 0.717) is 0 Å². The molecule has 1 aliphatic rings. The van der Waals surface area contributed by atoms with Crippen molar-refractivity contribution in [2.45, 2.75) is 65.2 Å². The number of aryl methyl sites for hydroxylation is 2. The lowest BCUT2D eigenvalue weighted by molar-refractivity contribution is 0.259. The van der Waals surface area contributed by atoms with E-state index < -0.39 is 0 Å². The highest BCUT2D eigenvalue weighted by molar-refractivity contribution is 5.63. The molecule has 0 bridgehead atoms. The van der Waals surface area contributed by atoms with Crippen molar-refractivity contribution < 1.29 is 0 Å². The van der Waals surface area contributed by atoms with Crippen molar-refractivity contribution in [3.8, 4) is 11.1 Å². The molecule has 3 rings (SSSR count). The lowest BCUT2D eigenvalue weighted by Gasteiger charge is -2.27. The van der Waals surface area contributed by atoms with Gasteiger partial charge in [0.25, 0.3) is 0 Å².